The second kappa shape index (κ2) is 7.46. The molecule has 0 saturated carbocycles. The molecule has 2 aromatic carbocycles. The fourth-order valence-corrected chi connectivity index (χ4v) is 6.28. The van der Waals surface area contributed by atoms with Gasteiger partial charge in [-0.1, -0.05) is 18.2 Å². The molecule has 2 atom stereocenters. The molecule has 4 aliphatic heterocycles. The number of piperidine rings is 1. The van der Waals surface area contributed by atoms with Gasteiger partial charge >= 0.3 is 0 Å². The SMILES string of the molecule is CN1CCN2c3c(cc(C#N)cc31)[C@@H]1CN(CCCc3cccc4c3OCC4)CC[C@@H]12. The van der Waals surface area contributed by atoms with Crippen LogP contribution in [0.5, 0.6) is 5.75 Å². The summed E-state index contributed by atoms with van der Waals surface area (Å²) in [5.41, 5.74) is 7.61. The molecule has 4 aliphatic rings. The molecule has 2 aromatic rings. The average molecular weight is 415 g/mol. The summed E-state index contributed by atoms with van der Waals surface area (Å²) in [6, 6.07) is 13.9. The summed E-state index contributed by atoms with van der Waals surface area (Å²) in [5.74, 6) is 1.67. The van der Waals surface area contributed by atoms with Crippen LogP contribution in [0.2, 0.25) is 0 Å². The quantitative estimate of drug-likeness (QED) is 0.765. The normalized spacial score (nSPS) is 23.7. The maximum Gasteiger partial charge on any atom is 0.125 e. The summed E-state index contributed by atoms with van der Waals surface area (Å²) >= 11 is 0. The van der Waals surface area contributed by atoms with Crippen molar-refractivity contribution in [2.45, 2.75) is 37.6 Å². The summed E-state index contributed by atoms with van der Waals surface area (Å²) in [4.78, 5) is 7.63. The number of aryl methyl sites for hydroxylation is 1. The van der Waals surface area contributed by atoms with Gasteiger partial charge in [0.2, 0.25) is 0 Å². The van der Waals surface area contributed by atoms with Gasteiger partial charge in [-0.2, -0.15) is 5.26 Å². The van der Waals surface area contributed by atoms with Crippen LogP contribution in [0.3, 0.4) is 0 Å². The zero-order chi connectivity index (χ0) is 20.9. The van der Waals surface area contributed by atoms with Crippen LogP contribution in [0, 0.1) is 11.3 Å². The van der Waals surface area contributed by atoms with Crippen molar-refractivity contribution in [1.82, 2.24) is 4.90 Å². The number of anilines is 2. The molecule has 0 unspecified atom stereocenters. The van der Waals surface area contributed by atoms with E-state index >= 15 is 0 Å². The Kier molecular flexibility index (Phi) is 4.57. The highest BCUT2D eigenvalue weighted by Gasteiger charge is 2.44. The molecular formula is C26H30N4O. The first kappa shape index (κ1) is 19.0. The van der Waals surface area contributed by atoms with E-state index in [1.807, 2.05) is 0 Å². The number of rotatable bonds is 4. The second-order valence-corrected chi connectivity index (χ2v) is 9.53. The number of likely N-dealkylation sites (tertiary alicyclic amines) is 1. The van der Waals surface area contributed by atoms with Crippen LogP contribution in [0.15, 0.2) is 30.3 Å². The van der Waals surface area contributed by atoms with E-state index in [4.69, 9.17) is 4.74 Å². The summed E-state index contributed by atoms with van der Waals surface area (Å²) in [6.07, 6.45) is 4.52. The third kappa shape index (κ3) is 3.08. The molecule has 0 aromatic heterocycles. The van der Waals surface area contributed by atoms with Crippen molar-refractivity contribution in [3.05, 3.63) is 52.6 Å². The molecule has 0 radical (unpaired) electrons. The fourth-order valence-electron chi connectivity index (χ4n) is 6.28. The molecule has 1 fully saturated rings. The zero-order valence-corrected chi connectivity index (χ0v) is 18.3. The van der Waals surface area contributed by atoms with Gasteiger partial charge in [0, 0.05) is 51.6 Å². The lowest BCUT2D eigenvalue weighted by Gasteiger charge is -2.41. The minimum Gasteiger partial charge on any atom is -0.493 e. The van der Waals surface area contributed by atoms with Crippen LogP contribution in [0.25, 0.3) is 0 Å². The number of hydrogen-bond donors (Lipinski definition) is 0. The summed E-state index contributed by atoms with van der Waals surface area (Å²) in [7, 11) is 2.16. The van der Waals surface area contributed by atoms with Crippen molar-refractivity contribution in [2.75, 3.05) is 56.2 Å². The lowest BCUT2D eigenvalue weighted by atomic mass is 9.88. The number of ether oxygens (including phenoxy) is 1. The predicted molar refractivity (Wildman–Crippen MR) is 123 cm³/mol. The van der Waals surface area contributed by atoms with Crippen LogP contribution in [0.4, 0.5) is 11.4 Å². The predicted octanol–water partition coefficient (Wildman–Crippen LogP) is 3.55. The number of nitriles is 1. The number of nitrogens with zero attached hydrogens (tertiary/aromatic N) is 4. The highest BCUT2D eigenvalue weighted by Crippen LogP contribution is 2.51. The maximum atomic E-state index is 9.60. The Hall–Kier alpha value is -2.71. The van der Waals surface area contributed by atoms with Gasteiger partial charge in [-0.25, -0.2) is 0 Å². The van der Waals surface area contributed by atoms with Crippen molar-refractivity contribution < 1.29 is 4.74 Å². The van der Waals surface area contributed by atoms with Gasteiger partial charge in [0.05, 0.1) is 29.6 Å². The average Bonchev–Trinajstić information content (AvgIpc) is 3.40. The Morgan fingerprint density at radius 3 is 3.03 bits per heavy atom. The molecule has 0 amide bonds. The molecule has 160 valence electrons. The van der Waals surface area contributed by atoms with E-state index in [1.165, 1.54) is 47.5 Å². The van der Waals surface area contributed by atoms with E-state index in [9.17, 15) is 5.26 Å². The molecule has 0 spiro atoms. The molecule has 0 bridgehead atoms. The molecule has 5 nitrogen and oxygen atoms in total. The number of benzene rings is 2. The van der Waals surface area contributed by atoms with Gasteiger partial charge in [-0.3, -0.25) is 0 Å². The Bertz CT molecular complexity index is 1060. The van der Waals surface area contributed by atoms with Crippen molar-refractivity contribution in [1.29, 1.82) is 5.26 Å². The van der Waals surface area contributed by atoms with E-state index in [0.29, 0.717) is 12.0 Å². The molecule has 1 saturated heterocycles. The summed E-state index contributed by atoms with van der Waals surface area (Å²) in [6.45, 7) is 6.38. The minimum atomic E-state index is 0.520. The van der Waals surface area contributed by atoms with Gasteiger partial charge in [-0.15, -0.1) is 0 Å². The molecule has 6 rings (SSSR count). The van der Waals surface area contributed by atoms with E-state index in [1.54, 1.807) is 0 Å². The van der Waals surface area contributed by atoms with Gasteiger partial charge in [-0.05, 0) is 54.6 Å². The molecule has 5 heteroatoms. The van der Waals surface area contributed by atoms with Crippen LogP contribution in [-0.4, -0.2) is 57.3 Å². The van der Waals surface area contributed by atoms with E-state index in [2.05, 4.69) is 58.1 Å². The topological polar surface area (TPSA) is 42.7 Å². The van der Waals surface area contributed by atoms with E-state index in [-0.39, 0.29) is 0 Å². The van der Waals surface area contributed by atoms with Crippen molar-refractivity contribution in [2.24, 2.45) is 0 Å². The standard InChI is InChI=1S/C26H30N4O/c1-28-11-12-30-23-7-10-29(9-3-6-19-4-2-5-20-8-13-31-26(19)20)17-22(23)21-14-18(16-27)15-24(28)25(21)30/h2,4-5,14-15,22-23H,3,6-13,17H2,1H3/t22-,23-/m0/s1. The Balaban J connectivity index is 1.18. The van der Waals surface area contributed by atoms with Crippen LogP contribution in [0.1, 0.15) is 41.0 Å². The number of para-hydroxylation sites is 1. The minimum absolute atomic E-state index is 0.520. The monoisotopic (exact) mass is 414 g/mol. The van der Waals surface area contributed by atoms with Crippen molar-refractivity contribution in [3.8, 4) is 11.8 Å². The first-order valence-corrected chi connectivity index (χ1v) is 11.7. The molecule has 0 N–H and O–H groups in total. The third-order valence-electron chi connectivity index (χ3n) is 7.80. The number of likely N-dealkylation sites (N-methyl/N-ethyl adjacent to an activating group) is 1. The van der Waals surface area contributed by atoms with Crippen molar-refractivity contribution >= 4 is 11.4 Å². The lowest BCUT2D eigenvalue weighted by Crippen LogP contribution is -2.49. The van der Waals surface area contributed by atoms with Gasteiger partial charge in [0.25, 0.3) is 0 Å². The third-order valence-corrected chi connectivity index (χ3v) is 7.80. The molecule has 0 aliphatic carbocycles. The van der Waals surface area contributed by atoms with Crippen LogP contribution < -0.4 is 14.5 Å². The van der Waals surface area contributed by atoms with Crippen molar-refractivity contribution in [3.63, 3.8) is 0 Å². The Morgan fingerprint density at radius 2 is 2.13 bits per heavy atom. The Labute approximate surface area is 184 Å². The van der Waals surface area contributed by atoms with Crippen LogP contribution in [-0.2, 0) is 12.8 Å². The number of fused-ring (bicyclic) bond motifs is 4. The van der Waals surface area contributed by atoms with Crippen LogP contribution >= 0.6 is 0 Å². The lowest BCUT2D eigenvalue weighted by molar-refractivity contribution is 0.191. The Morgan fingerprint density at radius 1 is 1.19 bits per heavy atom. The second-order valence-electron chi connectivity index (χ2n) is 9.53. The smallest absolute Gasteiger partial charge is 0.125 e. The molecule has 4 heterocycles. The summed E-state index contributed by atoms with van der Waals surface area (Å²) < 4.78 is 5.89. The summed E-state index contributed by atoms with van der Waals surface area (Å²) in [5, 5.41) is 9.60. The highest BCUT2D eigenvalue weighted by molar-refractivity contribution is 5.82. The number of hydrogen-bond acceptors (Lipinski definition) is 5. The van der Waals surface area contributed by atoms with E-state index in [0.717, 1.165) is 56.9 Å². The fraction of sp³-hybridized carbons (Fsp3) is 0.500. The maximum absolute atomic E-state index is 9.60. The largest absolute Gasteiger partial charge is 0.493 e. The van der Waals surface area contributed by atoms with E-state index < -0.39 is 0 Å². The molecular weight excluding hydrogens is 384 g/mol. The van der Waals surface area contributed by atoms with Gasteiger partial charge < -0.3 is 19.4 Å². The molecule has 31 heavy (non-hydrogen) atoms. The first-order valence-electron chi connectivity index (χ1n) is 11.7. The zero-order valence-electron chi connectivity index (χ0n) is 18.3. The van der Waals surface area contributed by atoms with Gasteiger partial charge in [0.1, 0.15) is 5.75 Å². The van der Waals surface area contributed by atoms with Gasteiger partial charge in [0.15, 0.2) is 0 Å². The highest BCUT2D eigenvalue weighted by atomic mass is 16.5. The first-order chi connectivity index (χ1) is 15.2.